The minimum absolute atomic E-state index is 0.197. The quantitative estimate of drug-likeness (QED) is 0.683. The van der Waals surface area contributed by atoms with E-state index < -0.39 is 0 Å². The van der Waals surface area contributed by atoms with Gasteiger partial charge in [0.25, 0.3) is 0 Å². The Labute approximate surface area is 161 Å². The number of nitrogens with zero attached hydrogens (tertiary/aromatic N) is 2. The molecule has 5 nitrogen and oxygen atoms in total. The summed E-state index contributed by atoms with van der Waals surface area (Å²) in [6.07, 6.45) is 0. The summed E-state index contributed by atoms with van der Waals surface area (Å²) in [5.74, 6) is 1.30. The minimum Gasteiger partial charge on any atom is -0.510 e. The molecule has 1 aromatic heterocycles. The third kappa shape index (κ3) is 3.44. The first-order valence-corrected chi connectivity index (χ1v) is 9.44. The summed E-state index contributed by atoms with van der Waals surface area (Å²) in [5, 5.41) is 21.6. The Morgan fingerprint density at radius 3 is 2.59 bits per heavy atom. The third-order valence-corrected chi connectivity index (χ3v) is 5.36. The smallest absolute Gasteiger partial charge is 0.135 e. The van der Waals surface area contributed by atoms with E-state index in [4.69, 9.17) is 10.1 Å². The molecular weight excluding hydrogens is 358 g/mol. The van der Waals surface area contributed by atoms with Gasteiger partial charge in [0.05, 0.1) is 24.9 Å². The largest absolute Gasteiger partial charge is 0.510 e. The zero-order valence-corrected chi connectivity index (χ0v) is 15.7. The van der Waals surface area contributed by atoms with Crippen LogP contribution in [0.15, 0.2) is 65.7 Å². The van der Waals surface area contributed by atoms with Crippen molar-refractivity contribution in [3.63, 3.8) is 0 Å². The lowest BCUT2D eigenvalue weighted by molar-refractivity contribution is 0.346. The van der Waals surface area contributed by atoms with Crippen LogP contribution in [-0.2, 0) is 6.54 Å². The average molecular weight is 377 g/mol. The van der Waals surface area contributed by atoms with Gasteiger partial charge in [0.2, 0.25) is 0 Å². The molecule has 0 atom stereocenters. The van der Waals surface area contributed by atoms with Crippen LogP contribution in [0, 0.1) is 5.41 Å². The molecule has 2 heterocycles. The summed E-state index contributed by atoms with van der Waals surface area (Å²) < 4.78 is 5.18. The van der Waals surface area contributed by atoms with Crippen LogP contribution >= 0.6 is 11.3 Å². The van der Waals surface area contributed by atoms with Crippen LogP contribution in [0.4, 0.5) is 0 Å². The number of methoxy groups -OCH3 is 1. The topological polar surface area (TPSA) is 69.4 Å². The van der Waals surface area contributed by atoms with Crippen molar-refractivity contribution in [2.75, 3.05) is 13.7 Å². The Morgan fingerprint density at radius 1 is 1.15 bits per heavy atom. The second-order valence-corrected chi connectivity index (χ2v) is 7.14. The van der Waals surface area contributed by atoms with E-state index in [0.717, 1.165) is 22.6 Å². The van der Waals surface area contributed by atoms with Gasteiger partial charge in [0, 0.05) is 17.5 Å². The Morgan fingerprint density at radius 2 is 1.89 bits per heavy atom. The maximum absolute atomic E-state index is 10.5. The van der Waals surface area contributed by atoms with Crippen LogP contribution in [0.5, 0.6) is 5.75 Å². The number of rotatable bonds is 5. The number of amidine groups is 1. The fraction of sp³-hybridized carbons (Fsp3) is 0.143. The van der Waals surface area contributed by atoms with E-state index in [2.05, 4.69) is 4.98 Å². The van der Waals surface area contributed by atoms with E-state index in [1.165, 1.54) is 11.3 Å². The summed E-state index contributed by atoms with van der Waals surface area (Å²) in [4.78, 5) is 6.49. The number of thiazole rings is 1. The molecule has 0 saturated carbocycles. The summed E-state index contributed by atoms with van der Waals surface area (Å²) in [5.41, 5.74) is 3.46. The van der Waals surface area contributed by atoms with E-state index in [1.807, 2.05) is 64.9 Å². The molecular formula is C21H19N3O2S. The molecule has 27 heavy (non-hydrogen) atoms. The lowest BCUT2D eigenvalue weighted by Gasteiger charge is -2.18. The molecule has 0 unspecified atom stereocenters. The van der Waals surface area contributed by atoms with Gasteiger partial charge < -0.3 is 14.7 Å². The summed E-state index contributed by atoms with van der Waals surface area (Å²) >= 11 is 1.45. The Balaban J connectivity index is 1.53. The van der Waals surface area contributed by atoms with Gasteiger partial charge in [-0.05, 0) is 17.7 Å². The summed E-state index contributed by atoms with van der Waals surface area (Å²) in [7, 11) is 1.64. The van der Waals surface area contributed by atoms with Crippen molar-refractivity contribution in [2.45, 2.75) is 6.54 Å². The predicted molar refractivity (Wildman–Crippen MR) is 108 cm³/mol. The first kappa shape index (κ1) is 17.3. The Hall–Kier alpha value is -3.12. The van der Waals surface area contributed by atoms with Crippen molar-refractivity contribution in [3.8, 4) is 17.0 Å². The van der Waals surface area contributed by atoms with Crippen LogP contribution in [-0.4, -0.2) is 34.5 Å². The van der Waals surface area contributed by atoms with Gasteiger partial charge in [-0.15, -0.1) is 11.3 Å². The summed E-state index contributed by atoms with van der Waals surface area (Å²) in [6.45, 7) is 0.869. The first-order chi connectivity index (χ1) is 13.2. The molecule has 1 aliphatic rings. The van der Waals surface area contributed by atoms with Gasteiger partial charge in [-0.3, -0.25) is 5.41 Å². The number of hydrogen-bond acceptors (Lipinski definition) is 5. The Kier molecular flexibility index (Phi) is 4.64. The molecule has 1 aliphatic heterocycles. The zero-order chi connectivity index (χ0) is 18.8. The SMILES string of the molecule is COc1ccc(CN2CC(O)=C(c3nc(-c4ccccc4)cs3)C2=N)cc1. The highest BCUT2D eigenvalue weighted by atomic mass is 32.1. The van der Waals surface area contributed by atoms with Crippen molar-refractivity contribution in [3.05, 3.63) is 76.3 Å². The highest BCUT2D eigenvalue weighted by Gasteiger charge is 2.30. The van der Waals surface area contributed by atoms with E-state index >= 15 is 0 Å². The van der Waals surface area contributed by atoms with Gasteiger partial charge in [-0.2, -0.15) is 0 Å². The molecule has 136 valence electrons. The highest BCUT2D eigenvalue weighted by molar-refractivity contribution is 7.11. The van der Waals surface area contributed by atoms with Crippen molar-refractivity contribution >= 4 is 22.7 Å². The molecule has 0 aliphatic carbocycles. The molecule has 2 aromatic carbocycles. The van der Waals surface area contributed by atoms with E-state index in [1.54, 1.807) is 7.11 Å². The maximum Gasteiger partial charge on any atom is 0.135 e. The van der Waals surface area contributed by atoms with Crippen molar-refractivity contribution < 1.29 is 9.84 Å². The predicted octanol–water partition coefficient (Wildman–Crippen LogP) is 4.58. The molecule has 0 fully saturated rings. The highest BCUT2D eigenvalue weighted by Crippen LogP contribution is 2.32. The normalized spacial score (nSPS) is 14.1. The van der Waals surface area contributed by atoms with Crippen molar-refractivity contribution in [2.24, 2.45) is 0 Å². The van der Waals surface area contributed by atoms with Gasteiger partial charge in [-0.25, -0.2) is 4.98 Å². The lowest BCUT2D eigenvalue weighted by Crippen LogP contribution is -2.26. The molecule has 3 aromatic rings. The van der Waals surface area contributed by atoms with Crippen LogP contribution in [0.1, 0.15) is 10.6 Å². The number of hydrogen-bond donors (Lipinski definition) is 2. The van der Waals surface area contributed by atoms with Crippen LogP contribution in [0.2, 0.25) is 0 Å². The van der Waals surface area contributed by atoms with Crippen LogP contribution in [0.3, 0.4) is 0 Å². The van der Waals surface area contributed by atoms with Gasteiger partial charge in [0.15, 0.2) is 0 Å². The summed E-state index contributed by atoms with van der Waals surface area (Å²) in [6, 6.07) is 17.7. The molecule has 2 N–H and O–H groups in total. The molecule has 6 heteroatoms. The maximum atomic E-state index is 10.5. The molecule has 0 amide bonds. The second-order valence-electron chi connectivity index (χ2n) is 6.28. The minimum atomic E-state index is 0.197. The van der Waals surface area contributed by atoms with E-state index in [-0.39, 0.29) is 5.76 Å². The average Bonchev–Trinajstić information content (AvgIpc) is 3.28. The van der Waals surface area contributed by atoms with Crippen LogP contribution in [0.25, 0.3) is 16.8 Å². The Bertz CT molecular complexity index is 994. The fourth-order valence-corrected chi connectivity index (χ4v) is 3.97. The number of ether oxygens (including phenoxy) is 1. The molecule has 0 spiro atoms. The number of benzene rings is 2. The monoisotopic (exact) mass is 377 g/mol. The molecule has 4 rings (SSSR count). The van der Waals surface area contributed by atoms with Gasteiger partial charge in [0.1, 0.15) is 22.4 Å². The number of aromatic nitrogens is 1. The number of aliphatic hydroxyl groups is 1. The van der Waals surface area contributed by atoms with Gasteiger partial charge >= 0.3 is 0 Å². The van der Waals surface area contributed by atoms with Gasteiger partial charge in [-0.1, -0.05) is 42.5 Å². The number of nitrogens with one attached hydrogen (secondary N) is 1. The molecule has 0 saturated heterocycles. The molecule has 0 bridgehead atoms. The standard InChI is InChI=1S/C21H19N3O2S/c1-26-16-9-7-14(8-10-16)11-24-12-18(25)19(20(24)22)21-23-17(13-27-21)15-5-3-2-4-6-15/h2-10,13,22,25H,11-12H2,1H3. The fourth-order valence-electron chi connectivity index (χ4n) is 3.07. The molecule has 0 radical (unpaired) electrons. The zero-order valence-electron chi connectivity index (χ0n) is 14.8. The second kappa shape index (κ2) is 7.25. The van der Waals surface area contributed by atoms with Crippen molar-refractivity contribution in [1.29, 1.82) is 5.41 Å². The van der Waals surface area contributed by atoms with E-state index in [9.17, 15) is 5.11 Å². The lowest BCUT2D eigenvalue weighted by atomic mass is 10.2. The number of aliphatic hydroxyl groups excluding tert-OH is 1. The first-order valence-electron chi connectivity index (χ1n) is 8.56. The van der Waals surface area contributed by atoms with E-state index in [0.29, 0.717) is 29.5 Å². The van der Waals surface area contributed by atoms with Crippen LogP contribution < -0.4 is 4.74 Å². The van der Waals surface area contributed by atoms with Crippen molar-refractivity contribution in [1.82, 2.24) is 9.88 Å². The third-order valence-electron chi connectivity index (χ3n) is 4.50.